The van der Waals surface area contributed by atoms with E-state index in [0.29, 0.717) is 0 Å². The maximum atomic E-state index is 3.39. The molecular weight excluding hydrogens is 218 g/mol. The number of nitrogens with one attached hydrogen (secondary N) is 1. The first kappa shape index (κ1) is 13.3. The molecule has 0 amide bonds. The number of halogens is 1. The van der Waals surface area contributed by atoms with Gasteiger partial charge in [0.05, 0.1) is 0 Å². The highest BCUT2D eigenvalue weighted by atomic mass is 35.5. The Morgan fingerprint density at radius 3 is 2.38 bits per heavy atom. The van der Waals surface area contributed by atoms with E-state index in [2.05, 4.69) is 48.7 Å². The van der Waals surface area contributed by atoms with Crippen molar-refractivity contribution in [3.63, 3.8) is 0 Å². The molecule has 88 valence electrons. The third-order valence-electron chi connectivity index (χ3n) is 3.02. The predicted molar refractivity (Wildman–Crippen MR) is 73.1 cm³/mol. The average Bonchev–Trinajstić information content (AvgIpc) is 2.30. The first-order chi connectivity index (χ1) is 7.34. The van der Waals surface area contributed by atoms with Crippen molar-refractivity contribution >= 4 is 18.5 Å². The van der Waals surface area contributed by atoms with Crippen LogP contribution in [-0.4, -0.2) is 13.1 Å². The van der Waals surface area contributed by atoms with Crippen LogP contribution in [0.3, 0.4) is 0 Å². The zero-order valence-corrected chi connectivity index (χ0v) is 10.6. The Kier molecular flexibility index (Phi) is 5.58. The average molecular weight is 238 g/mol. The zero-order valence-electron chi connectivity index (χ0n) is 9.78. The van der Waals surface area contributed by atoms with Crippen molar-refractivity contribution in [2.75, 3.05) is 13.1 Å². The molecule has 1 aliphatic rings. The molecule has 1 N–H and O–H groups in total. The minimum atomic E-state index is 0. The lowest BCUT2D eigenvalue weighted by atomic mass is 9.97. The van der Waals surface area contributed by atoms with E-state index < -0.39 is 0 Å². The van der Waals surface area contributed by atoms with Gasteiger partial charge in [-0.25, -0.2) is 0 Å². The molecule has 0 bridgehead atoms. The van der Waals surface area contributed by atoms with Gasteiger partial charge in [0.15, 0.2) is 0 Å². The summed E-state index contributed by atoms with van der Waals surface area (Å²) in [5.41, 5.74) is 2.65. The molecule has 1 aromatic carbocycles. The minimum Gasteiger partial charge on any atom is -0.317 e. The summed E-state index contributed by atoms with van der Waals surface area (Å²) in [6.45, 7) is 4.46. The SMILES string of the molecule is Cc1ccc(C=CC2CCNCC2)cc1.Cl. The standard InChI is InChI=1S/C14H19N.ClH/c1-12-2-4-13(5-3-12)6-7-14-8-10-15-11-9-14;/h2-7,14-15H,8-11H2,1H3;1H. The molecule has 0 spiro atoms. The highest BCUT2D eigenvalue weighted by molar-refractivity contribution is 5.85. The second-order valence-electron chi connectivity index (χ2n) is 4.36. The van der Waals surface area contributed by atoms with Gasteiger partial charge in [-0.2, -0.15) is 0 Å². The van der Waals surface area contributed by atoms with Crippen LogP contribution >= 0.6 is 12.4 Å². The van der Waals surface area contributed by atoms with Crippen molar-refractivity contribution in [1.82, 2.24) is 5.32 Å². The van der Waals surface area contributed by atoms with Crippen molar-refractivity contribution in [2.24, 2.45) is 5.92 Å². The van der Waals surface area contributed by atoms with Gasteiger partial charge in [-0.3, -0.25) is 0 Å². The quantitative estimate of drug-likeness (QED) is 0.831. The van der Waals surface area contributed by atoms with Crippen molar-refractivity contribution in [2.45, 2.75) is 19.8 Å². The lowest BCUT2D eigenvalue weighted by Gasteiger charge is -2.19. The second-order valence-corrected chi connectivity index (χ2v) is 4.36. The van der Waals surface area contributed by atoms with Gasteiger partial charge in [0.25, 0.3) is 0 Å². The summed E-state index contributed by atoms with van der Waals surface area (Å²) in [5.74, 6) is 0.771. The van der Waals surface area contributed by atoms with E-state index >= 15 is 0 Å². The predicted octanol–water partition coefficient (Wildman–Crippen LogP) is 3.43. The molecule has 2 heteroatoms. The fourth-order valence-electron chi connectivity index (χ4n) is 1.96. The highest BCUT2D eigenvalue weighted by Crippen LogP contribution is 2.15. The van der Waals surface area contributed by atoms with Gasteiger partial charge in [-0.1, -0.05) is 42.0 Å². The summed E-state index contributed by atoms with van der Waals surface area (Å²) in [4.78, 5) is 0. The van der Waals surface area contributed by atoms with Crippen LogP contribution in [0.25, 0.3) is 6.08 Å². The Morgan fingerprint density at radius 2 is 1.75 bits per heavy atom. The number of aryl methyl sites for hydroxylation is 1. The number of allylic oxidation sites excluding steroid dienone is 1. The maximum absolute atomic E-state index is 3.39. The van der Waals surface area contributed by atoms with Gasteiger partial charge in [0.1, 0.15) is 0 Å². The number of hydrogen-bond acceptors (Lipinski definition) is 1. The molecule has 1 fully saturated rings. The van der Waals surface area contributed by atoms with Crippen LogP contribution < -0.4 is 5.32 Å². The Balaban J connectivity index is 0.00000128. The number of hydrogen-bond donors (Lipinski definition) is 1. The van der Waals surface area contributed by atoms with E-state index in [1.807, 2.05) is 0 Å². The summed E-state index contributed by atoms with van der Waals surface area (Å²) in [7, 11) is 0. The molecule has 1 nitrogen and oxygen atoms in total. The number of rotatable bonds is 2. The number of piperidine rings is 1. The lowest BCUT2D eigenvalue weighted by Crippen LogP contribution is -2.26. The third-order valence-corrected chi connectivity index (χ3v) is 3.02. The molecular formula is C14H20ClN. The Hall–Kier alpha value is -0.790. The zero-order chi connectivity index (χ0) is 10.5. The van der Waals surface area contributed by atoms with Gasteiger partial charge in [-0.05, 0) is 44.3 Å². The first-order valence-electron chi connectivity index (χ1n) is 5.80. The normalized spacial score (nSPS) is 17.3. The summed E-state index contributed by atoms with van der Waals surface area (Å²) in [5, 5.41) is 3.39. The maximum Gasteiger partial charge on any atom is -0.00433 e. The van der Waals surface area contributed by atoms with Gasteiger partial charge < -0.3 is 5.32 Å². The van der Waals surface area contributed by atoms with E-state index in [1.54, 1.807) is 0 Å². The molecule has 0 saturated carbocycles. The van der Waals surface area contributed by atoms with Crippen LogP contribution in [0.1, 0.15) is 24.0 Å². The Labute approximate surface area is 104 Å². The van der Waals surface area contributed by atoms with Crippen LogP contribution in [-0.2, 0) is 0 Å². The van der Waals surface area contributed by atoms with Crippen LogP contribution in [0.5, 0.6) is 0 Å². The first-order valence-corrected chi connectivity index (χ1v) is 5.80. The van der Waals surface area contributed by atoms with Gasteiger partial charge >= 0.3 is 0 Å². The molecule has 1 heterocycles. The van der Waals surface area contributed by atoms with Gasteiger partial charge in [0.2, 0.25) is 0 Å². The fourth-order valence-corrected chi connectivity index (χ4v) is 1.96. The number of benzene rings is 1. The monoisotopic (exact) mass is 237 g/mol. The van der Waals surface area contributed by atoms with Crippen LogP contribution in [0.2, 0.25) is 0 Å². The summed E-state index contributed by atoms with van der Waals surface area (Å²) in [6, 6.07) is 8.71. The molecule has 0 unspecified atom stereocenters. The fraction of sp³-hybridized carbons (Fsp3) is 0.429. The van der Waals surface area contributed by atoms with Crippen LogP contribution in [0.15, 0.2) is 30.3 Å². The van der Waals surface area contributed by atoms with Crippen molar-refractivity contribution < 1.29 is 0 Å². The van der Waals surface area contributed by atoms with Crippen LogP contribution in [0, 0.1) is 12.8 Å². The topological polar surface area (TPSA) is 12.0 Å². The molecule has 16 heavy (non-hydrogen) atoms. The Bertz CT molecular complexity index is 323. The molecule has 0 radical (unpaired) electrons. The van der Waals surface area contributed by atoms with E-state index in [-0.39, 0.29) is 12.4 Å². The largest absolute Gasteiger partial charge is 0.317 e. The van der Waals surface area contributed by atoms with Gasteiger partial charge in [0, 0.05) is 0 Å². The molecule has 0 aliphatic carbocycles. The Morgan fingerprint density at radius 1 is 1.12 bits per heavy atom. The lowest BCUT2D eigenvalue weighted by molar-refractivity contribution is 0.438. The van der Waals surface area contributed by atoms with Crippen molar-refractivity contribution in [3.8, 4) is 0 Å². The molecule has 0 aromatic heterocycles. The minimum absolute atomic E-state index is 0. The van der Waals surface area contributed by atoms with Gasteiger partial charge in [-0.15, -0.1) is 12.4 Å². The molecule has 1 aliphatic heterocycles. The third kappa shape index (κ3) is 3.99. The van der Waals surface area contributed by atoms with E-state index in [1.165, 1.54) is 37.1 Å². The van der Waals surface area contributed by atoms with Crippen LogP contribution in [0.4, 0.5) is 0 Å². The van der Waals surface area contributed by atoms with E-state index in [4.69, 9.17) is 0 Å². The van der Waals surface area contributed by atoms with E-state index in [9.17, 15) is 0 Å². The molecule has 0 atom stereocenters. The van der Waals surface area contributed by atoms with Crippen molar-refractivity contribution in [1.29, 1.82) is 0 Å². The summed E-state index contributed by atoms with van der Waals surface area (Å²) in [6.07, 6.45) is 7.19. The molecule has 2 rings (SSSR count). The molecule has 1 aromatic rings. The summed E-state index contributed by atoms with van der Waals surface area (Å²) >= 11 is 0. The smallest absolute Gasteiger partial charge is 0.00433 e. The van der Waals surface area contributed by atoms with Crippen molar-refractivity contribution in [3.05, 3.63) is 41.5 Å². The van der Waals surface area contributed by atoms with E-state index in [0.717, 1.165) is 5.92 Å². The second kappa shape index (κ2) is 6.72. The molecule has 1 saturated heterocycles. The summed E-state index contributed by atoms with van der Waals surface area (Å²) < 4.78 is 0. The highest BCUT2D eigenvalue weighted by Gasteiger charge is 2.08.